The van der Waals surface area contributed by atoms with Crippen LogP contribution < -0.4 is 10.0 Å². The number of nitrogens with zero attached hydrogens (tertiary/aromatic N) is 3. The molecule has 0 bridgehead atoms. The van der Waals surface area contributed by atoms with Gasteiger partial charge < -0.3 is 15.2 Å². The van der Waals surface area contributed by atoms with Crippen molar-refractivity contribution in [3.8, 4) is 11.1 Å². The number of aromatic amines is 1. The van der Waals surface area contributed by atoms with Crippen molar-refractivity contribution >= 4 is 50.8 Å². The molecule has 12 nitrogen and oxygen atoms in total. The summed E-state index contributed by atoms with van der Waals surface area (Å²) in [4.78, 5) is 46.7. The van der Waals surface area contributed by atoms with Crippen molar-refractivity contribution in [2.45, 2.75) is 52.6 Å². The second-order valence-electron chi connectivity index (χ2n) is 15.4. The average Bonchev–Trinajstić information content (AvgIpc) is 3.87. The number of H-pyrrole nitrogens is 1. The molecule has 2 fully saturated rings. The van der Waals surface area contributed by atoms with Gasteiger partial charge in [-0.25, -0.2) is 23.1 Å². The Morgan fingerprint density at radius 3 is 2.28 bits per heavy atom. The van der Waals surface area contributed by atoms with Crippen molar-refractivity contribution in [1.29, 1.82) is 0 Å². The van der Waals surface area contributed by atoms with Crippen LogP contribution in [0.15, 0.2) is 101 Å². The molecule has 13 heteroatoms. The lowest BCUT2D eigenvalue weighted by Crippen LogP contribution is -2.34. The van der Waals surface area contributed by atoms with Crippen molar-refractivity contribution in [1.82, 2.24) is 9.88 Å². The summed E-state index contributed by atoms with van der Waals surface area (Å²) in [6.07, 6.45) is 4.86. The Kier molecular flexibility index (Phi) is 11.3. The van der Waals surface area contributed by atoms with Crippen molar-refractivity contribution in [2.24, 2.45) is 28.7 Å². The van der Waals surface area contributed by atoms with E-state index in [1.54, 1.807) is 23.1 Å². The Balaban J connectivity index is 1.46. The lowest BCUT2D eigenvalue weighted by molar-refractivity contribution is -0.303. The number of allylic oxidation sites excluding steroid dienone is 1. The molecule has 4 N–H and O–H groups in total. The normalized spacial score (nSPS) is 22.4. The number of benzene rings is 3. The van der Waals surface area contributed by atoms with Crippen molar-refractivity contribution in [3.63, 3.8) is 0 Å². The van der Waals surface area contributed by atoms with E-state index in [4.69, 9.17) is 16.5 Å². The molecule has 3 aromatic carbocycles. The van der Waals surface area contributed by atoms with Gasteiger partial charge in [0.25, 0.3) is 5.91 Å². The number of amidine groups is 1. The van der Waals surface area contributed by atoms with Crippen LogP contribution in [0.1, 0.15) is 79.7 Å². The van der Waals surface area contributed by atoms with Crippen LogP contribution in [-0.4, -0.2) is 54.0 Å². The smallest absolute Gasteiger partial charge is 0.256 e. The molecule has 57 heavy (non-hydrogen) atoms. The maximum atomic E-state index is 14.2. The number of sulfonamides is 1. The molecule has 3 unspecified atom stereocenters. The topological polar surface area (TPSA) is 158 Å². The molecular formula is C44H46N6O6S. The summed E-state index contributed by atoms with van der Waals surface area (Å²) >= 11 is 0. The van der Waals surface area contributed by atoms with E-state index in [-0.39, 0.29) is 46.4 Å². The highest BCUT2D eigenvalue weighted by Gasteiger charge is 2.42. The predicted molar refractivity (Wildman–Crippen MR) is 222 cm³/mol. The minimum Gasteiger partial charge on any atom is -0.341 e. The van der Waals surface area contributed by atoms with E-state index in [0.29, 0.717) is 59.2 Å². The maximum Gasteiger partial charge on any atom is 0.256 e. The zero-order chi connectivity index (χ0) is 40.4. The standard InChI is InChI=1S/C44H46N6O6S/c1-26-22-27(2)36(28(3)23-26)41(56-53)39-37(29-14-8-6-9-15-29)33(46-42(39)48-44(52)31-18-12-19-32(24-31)49-57(5,54)55)25-34-38(30-16-10-7-11-17-30)40(45-4)43(47-34)50-21-13-20-35(50)51/h6-12,14-19,24-28,36,41,46,49,53H,13,20-23H2,1-3,5H3,(H,48,52). The summed E-state index contributed by atoms with van der Waals surface area (Å²) in [5.41, 5.74) is 4.92. The van der Waals surface area contributed by atoms with Gasteiger partial charge in [-0.3, -0.25) is 19.6 Å². The van der Waals surface area contributed by atoms with E-state index in [2.05, 4.69) is 40.6 Å². The molecule has 3 atom stereocenters. The van der Waals surface area contributed by atoms with Crippen LogP contribution in [0.2, 0.25) is 0 Å². The number of hydrogen-bond donors (Lipinski definition) is 4. The summed E-state index contributed by atoms with van der Waals surface area (Å²) in [5, 5.41) is 14.0. The number of nitrogens with one attached hydrogen (secondary N) is 3. The van der Waals surface area contributed by atoms with Crippen LogP contribution in [0.25, 0.3) is 27.6 Å². The van der Waals surface area contributed by atoms with Gasteiger partial charge in [-0.05, 0) is 78.3 Å². The highest BCUT2D eigenvalue weighted by Crippen LogP contribution is 2.51. The third kappa shape index (κ3) is 8.20. The highest BCUT2D eigenvalue weighted by atomic mass is 32.2. The third-order valence-corrected chi connectivity index (χ3v) is 11.7. The number of likely N-dealkylation sites (tertiary alicyclic amines) is 1. The quantitative estimate of drug-likeness (QED) is 0.0715. The SMILES string of the molecule is [C-]#[N+]C1=C(c2ccccc2)C(=Cc2[nH]c(NC(=O)c3cccc(NS(C)(=O)=O)c3)c(C(OO)C3C(C)CC(C)CC3C)c2-c2ccccc2)N=C1N1CCCC1=O. The first-order chi connectivity index (χ1) is 27.4. The minimum absolute atomic E-state index is 0.0931. The summed E-state index contributed by atoms with van der Waals surface area (Å²) in [6, 6.07) is 25.2. The second-order valence-corrected chi connectivity index (χ2v) is 17.2. The molecule has 0 spiro atoms. The number of hydrogen-bond acceptors (Lipinski definition) is 7. The van der Waals surface area contributed by atoms with Gasteiger partial charge in [-0.15, -0.1) is 0 Å². The first-order valence-corrected chi connectivity index (χ1v) is 21.0. The van der Waals surface area contributed by atoms with E-state index >= 15 is 0 Å². The largest absolute Gasteiger partial charge is 0.341 e. The Morgan fingerprint density at radius 2 is 1.68 bits per heavy atom. The molecular weight excluding hydrogens is 741 g/mol. The second kappa shape index (κ2) is 16.3. The summed E-state index contributed by atoms with van der Waals surface area (Å²) in [5.74, 6) is 0.592. The average molecular weight is 787 g/mol. The van der Waals surface area contributed by atoms with Crippen LogP contribution in [0.3, 0.4) is 0 Å². The number of carbonyl (C=O) groups excluding carboxylic acids is 2. The molecule has 2 aliphatic heterocycles. The molecule has 1 saturated carbocycles. The first kappa shape index (κ1) is 39.4. The minimum atomic E-state index is -3.61. The van der Waals surface area contributed by atoms with Crippen LogP contribution in [0.5, 0.6) is 0 Å². The summed E-state index contributed by atoms with van der Waals surface area (Å²) in [7, 11) is -3.61. The zero-order valence-corrected chi connectivity index (χ0v) is 33.1. The maximum absolute atomic E-state index is 14.2. The van der Waals surface area contributed by atoms with Gasteiger partial charge in [0.1, 0.15) is 17.8 Å². The molecule has 7 rings (SSSR count). The number of aromatic nitrogens is 1. The van der Waals surface area contributed by atoms with Crippen molar-refractivity contribution in [2.75, 3.05) is 22.8 Å². The number of rotatable bonds is 10. The number of carbonyl (C=O) groups is 2. The van der Waals surface area contributed by atoms with Crippen LogP contribution in [0.4, 0.5) is 11.5 Å². The molecule has 294 valence electrons. The van der Waals surface area contributed by atoms with E-state index in [9.17, 15) is 23.3 Å². The van der Waals surface area contributed by atoms with E-state index in [1.165, 1.54) is 6.07 Å². The van der Waals surface area contributed by atoms with Crippen molar-refractivity contribution in [3.05, 3.63) is 130 Å². The molecule has 1 aromatic heterocycles. The number of anilines is 2. The molecule has 4 aromatic rings. The lowest BCUT2D eigenvalue weighted by atomic mass is 9.66. The molecule has 3 heterocycles. The summed E-state index contributed by atoms with van der Waals surface area (Å²) < 4.78 is 26.5. The molecule has 3 aliphatic rings. The number of aliphatic imine (C=N–C) groups is 1. The lowest BCUT2D eigenvalue weighted by Gasteiger charge is -2.41. The predicted octanol–water partition coefficient (Wildman–Crippen LogP) is 8.86. The Labute approximate surface area is 333 Å². The van der Waals surface area contributed by atoms with E-state index in [0.717, 1.165) is 30.2 Å². The zero-order valence-electron chi connectivity index (χ0n) is 32.3. The van der Waals surface area contributed by atoms with Gasteiger partial charge in [0.15, 0.2) is 0 Å². The van der Waals surface area contributed by atoms with Gasteiger partial charge in [-0.2, -0.15) is 0 Å². The molecule has 2 amide bonds. The fraction of sp³-hybridized carbons (Fsp3) is 0.318. The molecule has 1 saturated heterocycles. The van der Waals surface area contributed by atoms with Gasteiger partial charge in [0.2, 0.25) is 21.6 Å². The molecule has 0 radical (unpaired) electrons. The van der Waals surface area contributed by atoms with Crippen molar-refractivity contribution < 1.29 is 28.2 Å². The Morgan fingerprint density at radius 1 is 1.02 bits per heavy atom. The van der Waals surface area contributed by atoms with E-state index < -0.39 is 22.0 Å². The highest BCUT2D eigenvalue weighted by molar-refractivity contribution is 7.92. The van der Waals surface area contributed by atoms with Gasteiger partial charge in [0, 0.05) is 40.9 Å². The van der Waals surface area contributed by atoms with Crippen LogP contribution in [0, 0.1) is 30.2 Å². The third-order valence-electron chi connectivity index (χ3n) is 11.1. The van der Waals surface area contributed by atoms with Crippen LogP contribution in [-0.2, 0) is 19.7 Å². The van der Waals surface area contributed by atoms with E-state index in [1.807, 2.05) is 66.7 Å². The Hall–Kier alpha value is -5.81. The van der Waals surface area contributed by atoms with Gasteiger partial charge >= 0.3 is 0 Å². The fourth-order valence-corrected chi connectivity index (χ4v) is 9.53. The monoisotopic (exact) mass is 786 g/mol. The fourth-order valence-electron chi connectivity index (χ4n) is 8.97. The van der Waals surface area contributed by atoms with Crippen LogP contribution >= 0.6 is 0 Å². The number of amides is 2. The Bertz CT molecular complexity index is 2420. The molecule has 1 aliphatic carbocycles. The summed E-state index contributed by atoms with van der Waals surface area (Å²) in [6.45, 7) is 15.3. The van der Waals surface area contributed by atoms with Gasteiger partial charge in [0.05, 0.1) is 24.2 Å². The first-order valence-electron chi connectivity index (χ1n) is 19.2. The van der Waals surface area contributed by atoms with Gasteiger partial charge in [-0.1, -0.05) is 87.5 Å².